The molecule has 4 nitrogen and oxygen atoms in total. The van der Waals surface area contributed by atoms with E-state index < -0.39 is 5.97 Å². The molecular weight excluding hydrogens is 435 g/mol. The molecule has 166 valence electrons. The van der Waals surface area contributed by atoms with E-state index in [1.165, 1.54) is 12.1 Å². The van der Waals surface area contributed by atoms with Crippen LogP contribution in [0.4, 0.5) is 9.52 Å². The molecule has 4 aromatic rings. The summed E-state index contributed by atoms with van der Waals surface area (Å²) in [6, 6.07) is 24.8. The number of rotatable bonds is 6. The molecule has 3 aromatic carbocycles. The van der Waals surface area contributed by atoms with Crippen molar-refractivity contribution in [2.75, 3.05) is 11.4 Å². The van der Waals surface area contributed by atoms with E-state index in [-0.39, 0.29) is 18.3 Å². The number of hydrogen-bond acceptors (Lipinski definition) is 4. The Kier molecular flexibility index (Phi) is 5.92. The fourth-order valence-electron chi connectivity index (χ4n) is 4.38. The topological polar surface area (TPSA) is 53.4 Å². The van der Waals surface area contributed by atoms with Gasteiger partial charge in [-0.25, -0.2) is 9.37 Å². The molecule has 1 N–H and O–H groups in total. The second-order valence-electron chi connectivity index (χ2n) is 8.21. The standard InChI is InChI=1S/C27H23FN2O2S/c28-22-14-12-19(13-15-22)18-8-10-20(11-9-18)25-26(21-5-2-1-3-6-21)33-27(29-25)30-16-4-7-23(30)17-24(31)32/h1-3,5-6,8-15,23H,4,7,16-17H2,(H,31,32)/t23-/m1/s1. The summed E-state index contributed by atoms with van der Waals surface area (Å²) in [6.45, 7) is 0.822. The van der Waals surface area contributed by atoms with Gasteiger partial charge in [0.15, 0.2) is 5.13 Å². The molecule has 6 heteroatoms. The molecule has 0 spiro atoms. The summed E-state index contributed by atoms with van der Waals surface area (Å²) in [6.07, 6.45) is 1.97. The molecule has 0 amide bonds. The number of hydrogen-bond donors (Lipinski definition) is 1. The average Bonchev–Trinajstić information content (AvgIpc) is 3.47. The zero-order valence-corrected chi connectivity index (χ0v) is 18.8. The monoisotopic (exact) mass is 458 g/mol. The molecule has 0 radical (unpaired) electrons. The summed E-state index contributed by atoms with van der Waals surface area (Å²) < 4.78 is 13.3. The first-order valence-corrected chi connectivity index (χ1v) is 11.8. The third kappa shape index (κ3) is 4.52. The van der Waals surface area contributed by atoms with Crippen LogP contribution in [0.2, 0.25) is 0 Å². The van der Waals surface area contributed by atoms with Gasteiger partial charge >= 0.3 is 5.97 Å². The molecule has 1 fully saturated rings. The normalized spacial score (nSPS) is 15.7. The molecule has 33 heavy (non-hydrogen) atoms. The summed E-state index contributed by atoms with van der Waals surface area (Å²) in [5.41, 5.74) is 4.95. The van der Waals surface area contributed by atoms with Gasteiger partial charge in [0.2, 0.25) is 0 Å². The lowest BCUT2D eigenvalue weighted by atomic mass is 10.0. The van der Waals surface area contributed by atoms with Crippen molar-refractivity contribution >= 4 is 22.4 Å². The molecule has 1 saturated heterocycles. The number of aromatic nitrogens is 1. The van der Waals surface area contributed by atoms with Gasteiger partial charge in [0, 0.05) is 18.2 Å². The summed E-state index contributed by atoms with van der Waals surface area (Å²) in [5.74, 6) is -1.02. The van der Waals surface area contributed by atoms with Crippen LogP contribution in [0.5, 0.6) is 0 Å². The van der Waals surface area contributed by atoms with Crippen LogP contribution in [-0.2, 0) is 4.79 Å². The zero-order chi connectivity index (χ0) is 22.8. The third-order valence-electron chi connectivity index (χ3n) is 6.02. The molecule has 0 saturated carbocycles. The van der Waals surface area contributed by atoms with Gasteiger partial charge in [0.05, 0.1) is 17.0 Å². The van der Waals surface area contributed by atoms with Crippen LogP contribution in [0.15, 0.2) is 78.9 Å². The van der Waals surface area contributed by atoms with E-state index in [2.05, 4.69) is 17.0 Å². The Morgan fingerprint density at radius 3 is 2.24 bits per heavy atom. The molecule has 1 aliphatic heterocycles. The summed E-state index contributed by atoms with van der Waals surface area (Å²) in [4.78, 5) is 19.6. The number of halogens is 1. The van der Waals surface area contributed by atoms with E-state index in [1.54, 1.807) is 23.5 Å². The average molecular weight is 459 g/mol. The van der Waals surface area contributed by atoms with Crippen molar-refractivity contribution < 1.29 is 14.3 Å². The van der Waals surface area contributed by atoms with Crippen LogP contribution in [0.1, 0.15) is 19.3 Å². The number of anilines is 1. The summed E-state index contributed by atoms with van der Waals surface area (Å²) in [5, 5.41) is 10.2. The molecule has 1 atom stereocenters. The van der Waals surface area contributed by atoms with Gasteiger partial charge in [-0.2, -0.15) is 0 Å². The highest BCUT2D eigenvalue weighted by molar-refractivity contribution is 7.19. The van der Waals surface area contributed by atoms with Crippen molar-refractivity contribution in [3.63, 3.8) is 0 Å². The molecule has 0 aliphatic carbocycles. The Hall–Kier alpha value is -3.51. The zero-order valence-electron chi connectivity index (χ0n) is 17.9. The molecule has 2 heterocycles. The van der Waals surface area contributed by atoms with Crippen molar-refractivity contribution in [2.45, 2.75) is 25.3 Å². The minimum absolute atomic E-state index is 0.0222. The molecule has 1 aromatic heterocycles. The Labute approximate surface area is 196 Å². The van der Waals surface area contributed by atoms with Crippen LogP contribution in [0, 0.1) is 5.82 Å². The molecule has 1 aliphatic rings. The molecular formula is C27H23FN2O2S. The minimum Gasteiger partial charge on any atom is -0.481 e. The van der Waals surface area contributed by atoms with Crippen LogP contribution >= 0.6 is 11.3 Å². The van der Waals surface area contributed by atoms with Crippen LogP contribution in [0.3, 0.4) is 0 Å². The van der Waals surface area contributed by atoms with Gasteiger partial charge < -0.3 is 10.0 Å². The van der Waals surface area contributed by atoms with Crippen molar-refractivity contribution in [1.82, 2.24) is 4.98 Å². The van der Waals surface area contributed by atoms with Crippen molar-refractivity contribution in [3.05, 3.63) is 84.7 Å². The first kappa shape index (κ1) is 21.3. The first-order chi connectivity index (χ1) is 16.1. The van der Waals surface area contributed by atoms with Gasteiger partial charge in [-0.3, -0.25) is 4.79 Å². The number of nitrogens with zero attached hydrogens (tertiary/aromatic N) is 2. The Bertz CT molecular complexity index is 1250. The van der Waals surface area contributed by atoms with Gasteiger partial charge in [-0.1, -0.05) is 78.1 Å². The second-order valence-corrected chi connectivity index (χ2v) is 9.19. The Morgan fingerprint density at radius 1 is 0.939 bits per heavy atom. The number of carboxylic acids is 1. The maximum atomic E-state index is 13.3. The van der Waals surface area contributed by atoms with E-state index >= 15 is 0 Å². The number of aliphatic carboxylic acids is 1. The summed E-state index contributed by atoms with van der Waals surface area (Å²) >= 11 is 1.62. The molecule has 5 rings (SSSR count). The SMILES string of the molecule is O=C(O)C[C@H]1CCCN1c1nc(-c2ccc(-c3ccc(F)cc3)cc2)c(-c2ccccc2)s1. The van der Waals surface area contributed by atoms with E-state index in [4.69, 9.17) is 4.98 Å². The highest BCUT2D eigenvalue weighted by Crippen LogP contribution is 2.42. The summed E-state index contributed by atoms with van der Waals surface area (Å²) in [7, 11) is 0. The van der Waals surface area contributed by atoms with Gasteiger partial charge in [0.1, 0.15) is 5.82 Å². The van der Waals surface area contributed by atoms with Crippen molar-refractivity contribution in [1.29, 1.82) is 0 Å². The number of thiazole rings is 1. The second kappa shape index (κ2) is 9.16. The van der Waals surface area contributed by atoms with Gasteiger partial charge in [-0.15, -0.1) is 0 Å². The smallest absolute Gasteiger partial charge is 0.305 e. The minimum atomic E-state index is -0.775. The quantitative estimate of drug-likeness (QED) is 0.348. The number of carbonyl (C=O) groups is 1. The lowest BCUT2D eigenvalue weighted by molar-refractivity contribution is -0.137. The first-order valence-electron chi connectivity index (χ1n) is 11.0. The maximum absolute atomic E-state index is 13.3. The Morgan fingerprint density at radius 2 is 1.58 bits per heavy atom. The van der Waals surface area contributed by atoms with Crippen LogP contribution in [0.25, 0.3) is 32.8 Å². The van der Waals surface area contributed by atoms with Crippen molar-refractivity contribution in [3.8, 4) is 32.8 Å². The fourth-order valence-corrected chi connectivity index (χ4v) is 5.57. The number of benzene rings is 3. The van der Waals surface area contributed by atoms with Gasteiger partial charge in [-0.05, 0) is 41.7 Å². The predicted molar refractivity (Wildman–Crippen MR) is 131 cm³/mol. The van der Waals surface area contributed by atoms with E-state index in [1.807, 2.05) is 42.5 Å². The fraction of sp³-hybridized carbons (Fsp3) is 0.185. The molecule has 0 unspecified atom stereocenters. The number of carboxylic acid groups (broad SMARTS) is 1. The maximum Gasteiger partial charge on any atom is 0.305 e. The van der Waals surface area contributed by atoms with Gasteiger partial charge in [0.25, 0.3) is 0 Å². The van der Waals surface area contributed by atoms with Crippen LogP contribution < -0.4 is 4.90 Å². The van der Waals surface area contributed by atoms with E-state index in [0.29, 0.717) is 0 Å². The predicted octanol–water partition coefficient (Wildman–Crippen LogP) is 6.73. The molecule has 0 bridgehead atoms. The largest absolute Gasteiger partial charge is 0.481 e. The van der Waals surface area contributed by atoms with Crippen molar-refractivity contribution in [2.24, 2.45) is 0 Å². The third-order valence-corrected chi connectivity index (χ3v) is 7.16. The Balaban J connectivity index is 1.53. The lowest BCUT2D eigenvalue weighted by Gasteiger charge is -2.22. The van der Waals surface area contributed by atoms with Crippen LogP contribution in [-0.4, -0.2) is 28.6 Å². The highest BCUT2D eigenvalue weighted by Gasteiger charge is 2.30. The van der Waals surface area contributed by atoms with E-state index in [9.17, 15) is 14.3 Å². The highest BCUT2D eigenvalue weighted by atomic mass is 32.1. The lowest BCUT2D eigenvalue weighted by Crippen LogP contribution is -2.31. The van der Waals surface area contributed by atoms with E-state index in [0.717, 1.165) is 57.3 Å².